The number of imide groups is 1. The molecule has 70 valence electrons. The molecular weight excluding hydrogens is 168 g/mol. The third kappa shape index (κ3) is 2.79. The summed E-state index contributed by atoms with van der Waals surface area (Å²) in [6.07, 6.45) is 7.55. The molecule has 4 nitrogen and oxygen atoms in total. The molecule has 1 heterocycles. The zero-order valence-electron chi connectivity index (χ0n) is 7.38. The molecule has 1 aliphatic heterocycles. The van der Waals surface area contributed by atoms with Crippen LogP contribution < -0.4 is 5.32 Å². The van der Waals surface area contributed by atoms with Crippen LogP contribution in [0.2, 0.25) is 0 Å². The van der Waals surface area contributed by atoms with Gasteiger partial charge in [0.2, 0.25) is 5.91 Å². The van der Waals surface area contributed by atoms with Crippen molar-refractivity contribution in [1.82, 2.24) is 10.2 Å². The van der Waals surface area contributed by atoms with Crippen molar-refractivity contribution >= 4 is 11.9 Å². The van der Waals surface area contributed by atoms with Crippen LogP contribution in [0.1, 0.15) is 19.3 Å². The fourth-order valence-corrected chi connectivity index (χ4v) is 1.19. The summed E-state index contributed by atoms with van der Waals surface area (Å²) in [6, 6.07) is -0.286. The van der Waals surface area contributed by atoms with Gasteiger partial charge in [0, 0.05) is 13.0 Å². The summed E-state index contributed by atoms with van der Waals surface area (Å²) < 4.78 is 0. The van der Waals surface area contributed by atoms with Crippen LogP contribution in [-0.2, 0) is 4.79 Å². The number of hydrogen-bond acceptors (Lipinski definition) is 2. The Morgan fingerprint density at radius 1 is 1.46 bits per heavy atom. The minimum absolute atomic E-state index is 0.189. The lowest BCUT2D eigenvalue weighted by molar-refractivity contribution is -0.118. The van der Waals surface area contributed by atoms with E-state index in [2.05, 4.69) is 11.2 Å². The summed E-state index contributed by atoms with van der Waals surface area (Å²) in [5.41, 5.74) is 0. The van der Waals surface area contributed by atoms with Crippen LogP contribution in [0.5, 0.6) is 0 Å². The predicted octanol–water partition coefficient (Wildman–Crippen LogP) is 0.342. The lowest BCUT2D eigenvalue weighted by Gasteiger charge is -2.11. The molecule has 0 atom stereocenters. The number of terminal acetylenes is 1. The van der Waals surface area contributed by atoms with Gasteiger partial charge in [-0.15, -0.1) is 12.3 Å². The molecule has 0 radical (unpaired) electrons. The fourth-order valence-electron chi connectivity index (χ4n) is 1.19. The first-order valence-electron chi connectivity index (χ1n) is 4.26. The number of carbonyl (C=O) groups excluding carboxylic acids is 2. The molecule has 0 bridgehead atoms. The van der Waals surface area contributed by atoms with Crippen LogP contribution in [0.3, 0.4) is 0 Å². The Bertz CT molecular complexity index is 255. The lowest BCUT2D eigenvalue weighted by atomic mass is 10.2. The van der Waals surface area contributed by atoms with Gasteiger partial charge in [0.05, 0.1) is 0 Å². The molecule has 1 saturated heterocycles. The molecular formula is C9H12N2O2. The Hall–Kier alpha value is -1.50. The highest BCUT2D eigenvalue weighted by Crippen LogP contribution is 2.02. The molecule has 0 unspecified atom stereocenters. The highest BCUT2D eigenvalue weighted by molar-refractivity contribution is 6.01. The van der Waals surface area contributed by atoms with Gasteiger partial charge < -0.3 is 4.90 Å². The van der Waals surface area contributed by atoms with Crippen LogP contribution >= 0.6 is 0 Å². The number of amides is 3. The quantitative estimate of drug-likeness (QED) is 0.385. The molecule has 1 rings (SSSR count). The molecule has 0 saturated carbocycles. The maximum absolute atomic E-state index is 11.0. The largest absolute Gasteiger partial charge is 0.324 e. The minimum Gasteiger partial charge on any atom is -0.315 e. The Balaban J connectivity index is 2.19. The summed E-state index contributed by atoms with van der Waals surface area (Å²) in [5, 5.41) is 2.22. The van der Waals surface area contributed by atoms with Gasteiger partial charge in [-0.2, -0.15) is 0 Å². The summed E-state index contributed by atoms with van der Waals surface area (Å²) in [5.74, 6) is 2.31. The molecule has 0 aromatic carbocycles. The van der Waals surface area contributed by atoms with E-state index in [0.29, 0.717) is 6.54 Å². The van der Waals surface area contributed by atoms with E-state index in [0.717, 1.165) is 19.3 Å². The van der Waals surface area contributed by atoms with E-state index >= 15 is 0 Å². The average molecular weight is 180 g/mol. The number of rotatable bonds is 4. The van der Waals surface area contributed by atoms with Gasteiger partial charge >= 0.3 is 6.03 Å². The summed E-state index contributed by atoms with van der Waals surface area (Å²) in [7, 11) is 0. The second-order valence-electron chi connectivity index (χ2n) is 2.94. The topological polar surface area (TPSA) is 49.4 Å². The zero-order valence-corrected chi connectivity index (χ0v) is 7.38. The average Bonchev–Trinajstić information content (AvgIpc) is 2.39. The maximum Gasteiger partial charge on any atom is 0.324 e. The van der Waals surface area contributed by atoms with Gasteiger partial charge in [-0.3, -0.25) is 10.1 Å². The van der Waals surface area contributed by atoms with E-state index in [1.807, 2.05) is 0 Å². The highest BCUT2D eigenvalue weighted by atomic mass is 16.2. The number of hydrogen-bond donors (Lipinski definition) is 1. The molecule has 13 heavy (non-hydrogen) atoms. The summed E-state index contributed by atoms with van der Waals surface area (Å²) in [6.45, 7) is 0.800. The Morgan fingerprint density at radius 2 is 2.23 bits per heavy atom. The smallest absolute Gasteiger partial charge is 0.315 e. The van der Waals surface area contributed by atoms with E-state index in [-0.39, 0.29) is 18.5 Å². The minimum atomic E-state index is -0.286. The van der Waals surface area contributed by atoms with Crippen molar-refractivity contribution in [2.75, 3.05) is 13.1 Å². The van der Waals surface area contributed by atoms with Gasteiger partial charge in [0.1, 0.15) is 6.54 Å². The molecule has 1 N–H and O–H groups in total. The summed E-state index contributed by atoms with van der Waals surface area (Å²) >= 11 is 0. The van der Waals surface area contributed by atoms with Crippen LogP contribution in [-0.4, -0.2) is 29.9 Å². The monoisotopic (exact) mass is 180 g/mol. The molecule has 0 spiro atoms. The zero-order chi connectivity index (χ0) is 9.68. The third-order valence-electron chi connectivity index (χ3n) is 1.87. The third-order valence-corrected chi connectivity index (χ3v) is 1.87. The van der Waals surface area contributed by atoms with Crippen molar-refractivity contribution in [3.8, 4) is 12.3 Å². The van der Waals surface area contributed by atoms with Crippen molar-refractivity contribution < 1.29 is 9.59 Å². The van der Waals surface area contributed by atoms with E-state index in [9.17, 15) is 9.59 Å². The van der Waals surface area contributed by atoms with Gasteiger partial charge in [-0.25, -0.2) is 4.79 Å². The molecule has 0 aromatic heterocycles. The van der Waals surface area contributed by atoms with Gasteiger partial charge in [0.25, 0.3) is 0 Å². The molecule has 1 fully saturated rings. The number of carbonyl (C=O) groups is 2. The Labute approximate surface area is 77.3 Å². The van der Waals surface area contributed by atoms with E-state index in [1.165, 1.54) is 4.90 Å². The van der Waals surface area contributed by atoms with Crippen molar-refractivity contribution in [2.45, 2.75) is 19.3 Å². The van der Waals surface area contributed by atoms with E-state index in [4.69, 9.17) is 6.42 Å². The summed E-state index contributed by atoms with van der Waals surface area (Å²) in [4.78, 5) is 23.2. The van der Waals surface area contributed by atoms with Crippen LogP contribution in [0.4, 0.5) is 4.79 Å². The molecule has 0 aromatic rings. The molecule has 3 amide bonds. The number of nitrogens with zero attached hydrogens (tertiary/aromatic N) is 1. The Kier molecular flexibility index (Phi) is 3.32. The highest BCUT2D eigenvalue weighted by Gasteiger charge is 2.25. The molecule has 1 aliphatic rings. The normalized spacial score (nSPS) is 15.8. The lowest BCUT2D eigenvalue weighted by Crippen LogP contribution is -2.29. The SMILES string of the molecule is C#CCCCCN1CC(=O)NC1=O. The van der Waals surface area contributed by atoms with E-state index < -0.39 is 0 Å². The van der Waals surface area contributed by atoms with Crippen LogP contribution in [0.15, 0.2) is 0 Å². The van der Waals surface area contributed by atoms with Gasteiger partial charge in [-0.05, 0) is 12.8 Å². The van der Waals surface area contributed by atoms with Crippen molar-refractivity contribution in [1.29, 1.82) is 0 Å². The predicted molar refractivity (Wildman–Crippen MR) is 47.8 cm³/mol. The number of unbranched alkanes of at least 4 members (excludes halogenated alkanes) is 2. The van der Waals surface area contributed by atoms with Crippen molar-refractivity contribution in [2.24, 2.45) is 0 Å². The number of urea groups is 1. The first-order valence-corrected chi connectivity index (χ1v) is 4.26. The fraction of sp³-hybridized carbons (Fsp3) is 0.556. The standard InChI is InChI=1S/C9H12N2O2/c1-2-3-4-5-6-11-7-8(12)10-9(11)13/h1H,3-7H2,(H,10,12,13). The van der Waals surface area contributed by atoms with E-state index in [1.54, 1.807) is 0 Å². The molecule has 0 aliphatic carbocycles. The number of nitrogens with one attached hydrogen (secondary N) is 1. The maximum atomic E-state index is 11.0. The second-order valence-corrected chi connectivity index (χ2v) is 2.94. The van der Waals surface area contributed by atoms with Gasteiger partial charge in [-0.1, -0.05) is 0 Å². The van der Waals surface area contributed by atoms with Crippen molar-refractivity contribution in [3.63, 3.8) is 0 Å². The van der Waals surface area contributed by atoms with Crippen molar-refractivity contribution in [3.05, 3.63) is 0 Å². The first kappa shape index (κ1) is 9.59. The Morgan fingerprint density at radius 3 is 2.77 bits per heavy atom. The van der Waals surface area contributed by atoms with Crippen LogP contribution in [0.25, 0.3) is 0 Å². The van der Waals surface area contributed by atoms with Crippen LogP contribution in [0, 0.1) is 12.3 Å². The first-order chi connectivity index (χ1) is 6.24. The second kappa shape index (κ2) is 4.51. The van der Waals surface area contributed by atoms with Gasteiger partial charge in [0.15, 0.2) is 0 Å². The molecule has 4 heteroatoms.